The van der Waals surface area contributed by atoms with E-state index in [2.05, 4.69) is 10.3 Å². The van der Waals surface area contributed by atoms with Gasteiger partial charge in [0.25, 0.3) is 0 Å². The topological polar surface area (TPSA) is 65.5 Å². The molecule has 1 N–H and O–H groups in total. The molecule has 0 spiro atoms. The molecule has 0 bridgehead atoms. The molecule has 1 fully saturated rings. The van der Waals surface area contributed by atoms with Crippen LogP contribution in [0.2, 0.25) is 5.02 Å². The van der Waals surface area contributed by atoms with Crippen LogP contribution in [-0.2, 0) is 15.8 Å². The van der Waals surface area contributed by atoms with Crippen molar-refractivity contribution < 1.29 is 22.8 Å². The van der Waals surface area contributed by atoms with Crippen molar-refractivity contribution in [2.45, 2.75) is 25.9 Å². The van der Waals surface area contributed by atoms with Gasteiger partial charge >= 0.3 is 6.18 Å². The number of benzene rings is 1. The molecule has 0 saturated carbocycles. The van der Waals surface area contributed by atoms with E-state index in [1.165, 1.54) is 4.90 Å². The number of aromatic nitrogens is 1. The molecule has 32 heavy (non-hydrogen) atoms. The molecule has 0 radical (unpaired) electrons. The zero-order valence-corrected chi connectivity index (χ0v) is 18.5. The van der Waals surface area contributed by atoms with Crippen LogP contribution in [0.25, 0.3) is 0 Å². The lowest BCUT2D eigenvalue weighted by Gasteiger charge is -2.34. The number of aryl methyl sites for hydroxylation is 1. The number of pyridine rings is 1. The van der Waals surface area contributed by atoms with Gasteiger partial charge in [0.15, 0.2) is 0 Å². The molecule has 0 unspecified atom stereocenters. The van der Waals surface area contributed by atoms with Crippen molar-refractivity contribution in [1.82, 2.24) is 9.88 Å². The number of hydrogen-bond donors (Lipinski definition) is 1. The molecule has 1 aromatic heterocycles. The van der Waals surface area contributed by atoms with Crippen LogP contribution in [-0.4, -0.2) is 48.4 Å². The van der Waals surface area contributed by atoms with Crippen LogP contribution >= 0.6 is 11.6 Å². The molecular weight excluding hydrogens is 445 g/mol. The normalized spacial score (nSPS) is 14.9. The highest BCUT2D eigenvalue weighted by Gasteiger charge is 2.33. The Hall–Kier alpha value is -2.81. The maximum Gasteiger partial charge on any atom is 0.417 e. The predicted octanol–water partition coefficient (Wildman–Crippen LogP) is 4.38. The third kappa shape index (κ3) is 5.91. The Bertz CT molecular complexity index is 974. The summed E-state index contributed by atoms with van der Waals surface area (Å²) in [4.78, 5) is 32.1. The number of amides is 2. The van der Waals surface area contributed by atoms with Crippen LogP contribution in [0.4, 0.5) is 24.7 Å². The van der Waals surface area contributed by atoms with Gasteiger partial charge in [0.2, 0.25) is 11.8 Å². The SMILES string of the molecule is Cc1ccc(NC(=O)CN(C)C(=O)C2CCN(c3ncc(C(F)(F)F)cc3Cl)CC2)cc1. The largest absolute Gasteiger partial charge is 0.417 e. The second-order valence-electron chi connectivity index (χ2n) is 7.90. The predicted molar refractivity (Wildman–Crippen MR) is 117 cm³/mol. The van der Waals surface area contributed by atoms with Crippen molar-refractivity contribution in [2.75, 3.05) is 36.9 Å². The summed E-state index contributed by atoms with van der Waals surface area (Å²) in [5, 5.41) is 2.69. The Kier molecular flexibility index (Phi) is 7.28. The van der Waals surface area contributed by atoms with Crippen LogP contribution in [0.1, 0.15) is 24.0 Å². The van der Waals surface area contributed by atoms with E-state index in [1.807, 2.05) is 19.1 Å². The van der Waals surface area contributed by atoms with Crippen LogP contribution in [0.15, 0.2) is 36.5 Å². The Balaban J connectivity index is 1.52. The fourth-order valence-corrected chi connectivity index (χ4v) is 3.88. The van der Waals surface area contributed by atoms with Gasteiger partial charge in [0.05, 0.1) is 17.1 Å². The minimum absolute atomic E-state index is 0.0702. The second-order valence-corrected chi connectivity index (χ2v) is 8.30. The number of likely N-dealkylation sites (N-methyl/N-ethyl adjacent to an activating group) is 1. The van der Waals surface area contributed by atoms with E-state index >= 15 is 0 Å². The quantitative estimate of drug-likeness (QED) is 0.707. The summed E-state index contributed by atoms with van der Waals surface area (Å²) < 4.78 is 38.4. The van der Waals surface area contributed by atoms with Gasteiger partial charge in [-0.05, 0) is 38.0 Å². The molecule has 172 valence electrons. The summed E-state index contributed by atoms with van der Waals surface area (Å²) >= 11 is 6.03. The second kappa shape index (κ2) is 9.77. The number of piperidine rings is 1. The van der Waals surface area contributed by atoms with Crippen molar-refractivity contribution in [3.05, 3.63) is 52.7 Å². The third-order valence-electron chi connectivity index (χ3n) is 5.39. The summed E-state index contributed by atoms with van der Waals surface area (Å²) in [7, 11) is 1.58. The zero-order chi connectivity index (χ0) is 23.5. The molecule has 2 heterocycles. The number of carbonyl (C=O) groups excluding carboxylic acids is 2. The molecule has 2 aromatic rings. The Labute approximate surface area is 189 Å². The molecule has 0 atom stereocenters. The van der Waals surface area contributed by atoms with Crippen molar-refractivity contribution >= 4 is 34.9 Å². The smallest absolute Gasteiger partial charge is 0.355 e. The Morgan fingerprint density at radius 3 is 2.41 bits per heavy atom. The summed E-state index contributed by atoms with van der Waals surface area (Å²) in [6, 6.07) is 8.23. The number of carbonyl (C=O) groups is 2. The average molecular weight is 469 g/mol. The monoisotopic (exact) mass is 468 g/mol. The first-order valence-electron chi connectivity index (χ1n) is 10.1. The minimum atomic E-state index is -4.51. The first kappa shape index (κ1) is 23.8. The number of nitrogens with one attached hydrogen (secondary N) is 1. The molecule has 1 aliphatic rings. The number of nitrogens with zero attached hydrogens (tertiary/aromatic N) is 3. The van der Waals surface area contributed by atoms with E-state index < -0.39 is 11.7 Å². The van der Waals surface area contributed by atoms with Crippen LogP contribution in [0, 0.1) is 12.8 Å². The van der Waals surface area contributed by atoms with Gasteiger partial charge in [-0.2, -0.15) is 13.2 Å². The first-order valence-corrected chi connectivity index (χ1v) is 10.5. The van der Waals surface area contributed by atoms with Gasteiger partial charge in [-0.15, -0.1) is 0 Å². The van der Waals surface area contributed by atoms with Crippen LogP contribution in [0.3, 0.4) is 0 Å². The van der Waals surface area contributed by atoms with E-state index in [0.717, 1.165) is 17.8 Å². The molecule has 2 amide bonds. The molecule has 6 nitrogen and oxygen atoms in total. The van der Waals surface area contributed by atoms with Crippen molar-refractivity contribution in [3.8, 4) is 0 Å². The standard InChI is InChI=1S/C22H24ClF3N4O2/c1-14-3-5-17(6-4-14)28-19(31)13-29(2)21(32)15-7-9-30(10-8-15)20-18(23)11-16(12-27-20)22(24,25)26/h3-6,11-12,15H,7-10,13H2,1-2H3,(H,28,31). The maximum absolute atomic E-state index is 12.8. The number of rotatable bonds is 5. The van der Waals surface area contributed by atoms with Crippen LogP contribution < -0.4 is 10.2 Å². The number of alkyl halides is 3. The van der Waals surface area contributed by atoms with Gasteiger partial charge in [-0.25, -0.2) is 4.98 Å². The molecule has 0 aliphatic carbocycles. The molecule has 1 aliphatic heterocycles. The van der Waals surface area contributed by atoms with Gasteiger partial charge < -0.3 is 15.1 Å². The lowest BCUT2D eigenvalue weighted by molar-refractivity contribution is -0.138. The van der Waals surface area contributed by atoms with Gasteiger partial charge in [0.1, 0.15) is 5.82 Å². The van der Waals surface area contributed by atoms with E-state index in [0.29, 0.717) is 31.6 Å². The molecular formula is C22H24ClF3N4O2. The minimum Gasteiger partial charge on any atom is -0.355 e. The van der Waals surface area contributed by atoms with Crippen molar-refractivity contribution in [2.24, 2.45) is 5.92 Å². The molecule has 1 aromatic carbocycles. The van der Waals surface area contributed by atoms with E-state index in [-0.39, 0.29) is 35.1 Å². The number of anilines is 2. The van der Waals surface area contributed by atoms with Crippen molar-refractivity contribution in [3.63, 3.8) is 0 Å². The number of hydrogen-bond acceptors (Lipinski definition) is 4. The fourth-order valence-electron chi connectivity index (χ4n) is 3.60. The van der Waals surface area contributed by atoms with Gasteiger partial charge in [-0.1, -0.05) is 29.3 Å². The molecule has 1 saturated heterocycles. The van der Waals surface area contributed by atoms with E-state index in [9.17, 15) is 22.8 Å². The van der Waals surface area contributed by atoms with E-state index in [4.69, 9.17) is 11.6 Å². The summed E-state index contributed by atoms with van der Waals surface area (Å²) in [5.74, 6) is -0.439. The lowest BCUT2D eigenvalue weighted by atomic mass is 9.95. The fraction of sp³-hybridized carbons (Fsp3) is 0.409. The Morgan fingerprint density at radius 1 is 1.22 bits per heavy atom. The molecule has 10 heteroatoms. The zero-order valence-electron chi connectivity index (χ0n) is 17.7. The maximum atomic E-state index is 12.8. The molecule has 3 rings (SSSR count). The van der Waals surface area contributed by atoms with E-state index in [1.54, 1.807) is 24.1 Å². The average Bonchev–Trinajstić information content (AvgIpc) is 2.74. The highest BCUT2D eigenvalue weighted by Crippen LogP contribution is 2.34. The van der Waals surface area contributed by atoms with Gasteiger partial charge in [-0.3, -0.25) is 9.59 Å². The number of halogens is 4. The highest BCUT2D eigenvalue weighted by molar-refractivity contribution is 6.33. The first-order chi connectivity index (χ1) is 15.0. The van der Waals surface area contributed by atoms with Crippen molar-refractivity contribution in [1.29, 1.82) is 0 Å². The summed E-state index contributed by atoms with van der Waals surface area (Å²) in [6.07, 6.45) is -2.77. The summed E-state index contributed by atoms with van der Waals surface area (Å²) in [5.41, 5.74) is 0.840. The van der Waals surface area contributed by atoms with Gasteiger partial charge in [0, 0.05) is 37.9 Å². The third-order valence-corrected chi connectivity index (χ3v) is 5.66. The highest BCUT2D eigenvalue weighted by atomic mass is 35.5. The van der Waals surface area contributed by atoms with Crippen LogP contribution in [0.5, 0.6) is 0 Å². The summed E-state index contributed by atoms with van der Waals surface area (Å²) in [6.45, 7) is 2.74. The lowest BCUT2D eigenvalue weighted by Crippen LogP contribution is -2.43. The Morgan fingerprint density at radius 2 is 1.84 bits per heavy atom.